The summed E-state index contributed by atoms with van der Waals surface area (Å²) >= 11 is 11.1. The Morgan fingerprint density at radius 2 is 1.64 bits per heavy atom. The average Bonchev–Trinajstić information content (AvgIpc) is 2.47. The van der Waals surface area contributed by atoms with E-state index in [4.69, 9.17) is 23.2 Å². The number of rotatable bonds is 4. The van der Waals surface area contributed by atoms with Gasteiger partial charge in [-0.25, -0.2) is 13.1 Å². The molecular weight excluding hydrogens is 349 g/mol. The van der Waals surface area contributed by atoms with Crippen molar-refractivity contribution in [1.29, 1.82) is 0 Å². The molecule has 0 aliphatic heterocycles. The summed E-state index contributed by atoms with van der Waals surface area (Å²) < 4.78 is 26.2. The number of halogens is 2. The minimum Gasteiger partial charge on any atom is -0.276 e. The van der Waals surface area contributed by atoms with Crippen LogP contribution in [0.4, 0.5) is 0 Å². The molecular formula is C14H9Cl2NO4S. The zero-order valence-corrected chi connectivity index (χ0v) is 13.2. The Morgan fingerprint density at radius 3 is 2.18 bits per heavy atom. The van der Waals surface area contributed by atoms with Gasteiger partial charge in [-0.05, 0) is 41.9 Å². The Morgan fingerprint density at radius 1 is 1.00 bits per heavy atom. The molecule has 114 valence electrons. The van der Waals surface area contributed by atoms with Crippen LogP contribution in [0.5, 0.6) is 0 Å². The first-order valence-corrected chi connectivity index (χ1v) is 8.17. The Hall–Kier alpha value is -1.89. The zero-order valence-electron chi connectivity index (χ0n) is 10.9. The molecule has 22 heavy (non-hydrogen) atoms. The molecule has 0 radical (unpaired) electrons. The van der Waals surface area contributed by atoms with Crippen LogP contribution < -0.4 is 4.72 Å². The molecule has 0 aliphatic carbocycles. The Balaban J connectivity index is 2.30. The molecule has 0 unspecified atom stereocenters. The van der Waals surface area contributed by atoms with E-state index in [0.717, 1.165) is 12.1 Å². The van der Waals surface area contributed by atoms with Crippen LogP contribution in [-0.4, -0.2) is 19.6 Å². The number of hydrogen-bond donors (Lipinski definition) is 1. The molecule has 2 aromatic rings. The normalized spacial score (nSPS) is 11.0. The smallest absolute Gasteiger partial charge is 0.264 e. The first-order valence-electron chi connectivity index (χ1n) is 5.93. The van der Waals surface area contributed by atoms with Crippen LogP contribution in [0, 0.1) is 0 Å². The summed E-state index contributed by atoms with van der Waals surface area (Å²) in [6.07, 6.45) is 0. The van der Waals surface area contributed by atoms with Gasteiger partial charge in [-0.1, -0.05) is 29.8 Å². The molecule has 0 aliphatic rings. The quantitative estimate of drug-likeness (QED) is 0.853. The van der Waals surface area contributed by atoms with Gasteiger partial charge in [0.25, 0.3) is 21.2 Å². The van der Waals surface area contributed by atoms with Gasteiger partial charge in [-0.3, -0.25) is 9.59 Å². The number of benzene rings is 2. The summed E-state index contributed by atoms with van der Waals surface area (Å²) in [5, 5.41) is -0.919. The van der Waals surface area contributed by atoms with E-state index >= 15 is 0 Å². The van der Waals surface area contributed by atoms with E-state index in [0.29, 0.717) is 0 Å². The fourth-order valence-corrected chi connectivity index (χ4v) is 3.20. The lowest BCUT2D eigenvalue weighted by atomic mass is 10.2. The van der Waals surface area contributed by atoms with Crippen molar-refractivity contribution in [3.8, 4) is 0 Å². The van der Waals surface area contributed by atoms with Crippen molar-refractivity contribution in [3.63, 3.8) is 0 Å². The van der Waals surface area contributed by atoms with E-state index < -0.39 is 21.2 Å². The van der Waals surface area contributed by atoms with Crippen molar-refractivity contribution < 1.29 is 18.0 Å². The molecule has 0 fully saturated rings. The third-order valence-electron chi connectivity index (χ3n) is 2.73. The van der Waals surface area contributed by atoms with Gasteiger partial charge in [-0.2, -0.15) is 0 Å². The van der Waals surface area contributed by atoms with Gasteiger partial charge in [0.15, 0.2) is 0 Å². The molecule has 5 nitrogen and oxygen atoms in total. The standard InChI is InChI=1S/C14H9Cl2NO4S/c15-12-8-10(6-7-11(12)13(16)18)22(20,21)17-14(19)9-4-2-1-3-5-9/h1-8H,(H,17,19). The molecule has 0 saturated heterocycles. The first-order chi connectivity index (χ1) is 10.3. The summed E-state index contributed by atoms with van der Waals surface area (Å²) in [6.45, 7) is 0. The molecule has 1 amide bonds. The van der Waals surface area contributed by atoms with Crippen LogP contribution in [0.3, 0.4) is 0 Å². The van der Waals surface area contributed by atoms with E-state index in [1.54, 1.807) is 18.2 Å². The summed E-state index contributed by atoms with van der Waals surface area (Å²) in [5.41, 5.74) is 0.182. The zero-order chi connectivity index (χ0) is 16.3. The SMILES string of the molecule is O=C(NS(=O)(=O)c1ccc(C(=O)Cl)c(Cl)c1)c1ccccc1. The van der Waals surface area contributed by atoms with Gasteiger partial charge in [0.05, 0.1) is 15.5 Å². The molecule has 0 atom stereocenters. The van der Waals surface area contributed by atoms with Crippen LogP contribution in [0.15, 0.2) is 53.4 Å². The van der Waals surface area contributed by atoms with E-state index in [9.17, 15) is 18.0 Å². The van der Waals surface area contributed by atoms with Crippen molar-refractivity contribution in [2.24, 2.45) is 0 Å². The van der Waals surface area contributed by atoms with Gasteiger partial charge in [0, 0.05) is 5.56 Å². The maximum absolute atomic E-state index is 12.1. The minimum absolute atomic E-state index is 0.0170. The van der Waals surface area contributed by atoms with Gasteiger partial charge in [0.2, 0.25) is 0 Å². The number of nitrogens with one attached hydrogen (secondary N) is 1. The maximum Gasteiger partial charge on any atom is 0.264 e. The second-order valence-electron chi connectivity index (χ2n) is 4.22. The highest BCUT2D eigenvalue weighted by Crippen LogP contribution is 2.22. The van der Waals surface area contributed by atoms with Gasteiger partial charge >= 0.3 is 0 Å². The van der Waals surface area contributed by atoms with Crippen molar-refractivity contribution >= 4 is 44.4 Å². The third kappa shape index (κ3) is 3.65. The number of carbonyl (C=O) groups is 2. The van der Waals surface area contributed by atoms with Crippen LogP contribution in [0.1, 0.15) is 20.7 Å². The van der Waals surface area contributed by atoms with Crippen molar-refractivity contribution in [3.05, 3.63) is 64.7 Å². The molecule has 2 aromatic carbocycles. The highest BCUT2D eigenvalue weighted by molar-refractivity contribution is 7.90. The number of carbonyl (C=O) groups excluding carboxylic acids is 2. The summed E-state index contributed by atoms with van der Waals surface area (Å²) in [7, 11) is -4.11. The lowest BCUT2D eigenvalue weighted by molar-refractivity contribution is 0.0980. The number of sulfonamides is 1. The topological polar surface area (TPSA) is 80.3 Å². The average molecular weight is 358 g/mol. The predicted octanol–water partition coefficient (Wildman–Crippen LogP) is 2.84. The van der Waals surface area contributed by atoms with Crippen molar-refractivity contribution in [1.82, 2.24) is 4.72 Å². The van der Waals surface area contributed by atoms with E-state index in [1.165, 1.54) is 18.2 Å². The number of hydrogen-bond acceptors (Lipinski definition) is 4. The minimum atomic E-state index is -4.11. The summed E-state index contributed by atoms with van der Waals surface area (Å²) in [6, 6.07) is 11.3. The van der Waals surface area contributed by atoms with Crippen LogP contribution in [0.25, 0.3) is 0 Å². The Labute approximate surface area is 136 Å². The second kappa shape index (κ2) is 6.48. The van der Waals surface area contributed by atoms with Crippen LogP contribution in [0.2, 0.25) is 5.02 Å². The maximum atomic E-state index is 12.1. The monoisotopic (exact) mass is 357 g/mol. The fourth-order valence-electron chi connectivity index (χ4n) is 1.65. The van der Waals surface area contributed by atoms with Crippen LogP contribution in [-0.2, 0) is 10.0 Å². The van der Waals surface area contributed by atoms with Gasteiger partial charge < -0.3 is 0 Å². The molecule has 1 N–H and O–H groups in total. The largest absolute Gasteiger partial charge is 0.276 e. The predicted molar refractivity (Wildman–Crippen MR) is 82.7 cm³/mol. The highest BCUT2D eigenvalue weighted by Gasteiger charge is 2.20. The van der Waals surface area contributed by atoms with Crippen LogP contribution >= 0.6 is 23.2 Å². The number of amides is 1. The molecule has 8 heteroatoms. The van der Waals surface area contributed by atoms with Gasteiger partial charge in [0.1, 0.15) is 0 Å². The summed E-state index contributed by atoms with van der Waals surface area (Å²) in [5.74, 6) is -0.769. The highest BCUT2D eigenvalue weighted by atomic mass is 35.5. The van der Waals surface area contributed by atoms with Gasteiger partial charge in [-0.15, -0.1) is 0 Å². The van der Waals surface area contributed by atoms with E-state index in [1.807, 2.05) is 4.72 Å². The van der Waals surface area contributed by atoms with E-state index in [2.05, 4.69) is 0 Å². The Kier molecular flexibility index (Phi) is 4.85. The molecule has 2 rings (SSSR count). The lowest BCUT2D eigenvalue weighted by Gasteiger charge is -2.08. The molecule has 0 aromatic heterocycles. The van der Waals surface area contributed by atoms with Crippen molar-refractivity contribution in [2.75, 3.05) is 0 Å². The molecule has 0 bridgehead atoms. The Bertz CT molecular complexity index is 835. The van der Waals surface area contributed by atoms with Crippen molar-refractivity contribution in [2.45, 2.75) is 4.90 Å². The molecule has 0 saturated carbocycles. The summed E-state index contributed by atoms with van der Waals surface area (Å²) in [4.78, 5) is 22.7. The van der Waals surface area contributed by atoms with E-state index in [-0.39, 0.29) is 21.0 Å². The molecule has 0 spiro atoms. The second-order valence-corrected chi connectivity index (χ2v) is 6.65. The third-order valence-corrected chi connectivity index (χ3v) is 4.57. The molecule has 0 heterocycles. The lowest BCUT2D eigenvalue weighted by Crippen LogP contribution is -2.30. The fraction of sp³-hybridized carbons (Fsp3) is 0. The first kappa shape index (κ1) is 16.5.